The van der Waals surface area contributed by atoms with Crippen LogP contribution in [0, 0.1) is 17.8 Å². The molecule has 0 N–H and O–H groups in total. The number of carbonyl (C=O) groups excluding carboxylic acids is 1. The van der Waals surface area contributed by atoms with E-state index in [4.69, 9.17) is 16.3 Å². The Bertz CT molecular complexity index is 202. The highest BCUT2D eigenvalue weighted by atomic mass is 35.5. The maximum Gasteiger partial charge on any atom is 0.227 e. The second-order valence-corrected chi connectivity index (χ2v) is 5.54. The predicted molar refractivity (Wildman–Crippen MR) is 68.7 cm³/mol. The molecule has 0 saturated carbocycles. The minimum atomic E-state index is -0.257. The molecular formula is C13H25ClO2. The Morgan fingerprint density at radius 3 is 1.94 bits per heavy atom. The standard InChI is InChI=1S/C13H25ClO2/c1-6-16-12(8-10(4)5)11(13(14)15)7-9(2)3/h9-12H,6-8H2,1-5H3. The molecule has 0 amide bonds. The van der Waals surface area contributed by atoms with E-state index in [0.717, 1.165) is 12.8 Å². The lowest BCUT2D eigenvalue weighted by molar-refractivity contribution is -0.121. The Labute approximate surface area is 105 Å². The van der Waals surface area contributed by atoms with E-state index >= 15 is 0 Å². The van der Waals surface area contributed by atoms with Crippen molar-refractivity contribution in [2.45, 2.75) is 53.6 Å². The lowest BCUT2D eigenvalue weighted by Gasteiger charge is -2.27. The average molecular weight is 249 g/mol. The third-order valence-electron chi connectivity index (χ3n) is 2.55. The van der Waals surface area contributed by atoms with E-state index in [1.807, 2.05) is 6.92 Å². The highest BCUT2D eigenvalue weighted by molar-refractivity contribution is 6.64. The van der Waals surface area contributed by atoms with Gasteiger partial charge < -0.3 is 4.74 Å². The van der Waals surface area contributed by atoms with Crippen molar-refractivity contribution < 1.29 is 9.53 Å². The van der Waals surface area contributed by atoms with Crippen LogP contribution in [0.5, 0.6) is 0 Å². The zero-order valence-electron chi connectivity index (χ0n) is 11.1. The molecule has 96 valence electrons. The predicted octanol–water partition coefficient (Wildman–Crippen LogP) is 3.87. The molecule has 0 aromatic rings. The molecule has 16 heavy (non-hydrogen) atoms. The maximum atomic E-state index is 11.5. The lowest BCUT2D eigenvalue weighted by atomic mass is 9.88. The number of halogens is 1. The van der Waals surface area contributed by atoms with Crippen LogP contribution in [0.15, 0.2) is 0 Å². The van der Waals surface area contributed by atoms with Crippen LogP contribution in [0.3, 0.4) is 0 Å². The number of hydrogen-bond acceptors (Lipinski definition) is 2. The van der Waals surface area contributed by atoms with E-state index < -0.39 is 0 Å². The van der Waals surface area contributed by atoms with Crippen LogP contribution >= 0.6 is 11.6 Å². The quantitative estimate of drug-likeness (QED) is 0.610. The van der Waals surface area contributed by atoms with Crippen molar-refractivity contribution in [2.75, 3.05) is 6.61 Å². The smallest absolute Gasteiger partial charge is 0.227 e. The molecular weight excluding hydrogens is 224 g/mol. The van der Waals surface area contributed by atoms with Gasteiger partial charge in [0.15, 0.2) is 0 Å². The summed E-state index contributed by atoms with van der Waals surface area (Å²) in [7, 11) is 0. The molecule has 2 unspecified atom stereocenters. The highest BCUT2D eigenvalue weighted by Gasteiger charge is 2.28. The third-order valence-corrected chi connectivity index (χ3v) is 2.83. The lowest BCUT2D eigenvalue weighted by Crippen LogP contribution is -2.31. The molecule has 0 aromatic carbocycles. The summed E-state index contributed by atoms with van der Waals surface area (Å²) in [5.74, 6) is 0.814. The van der Waals surface area contributed by atoms with Crippen molar-refractivity contribution in [1.82, 2.24) is 0 Å². The first-order valence-corrected chi connectivity index (χ1v) is 6.57. The van der Waals surface area contributed by atoms with Crippen LogP contribution in [-0.2, 0) is 9.53 Å². The first-order chi connectivity index (χ1) is 7.38. The topological polar surface area (TPSA) is 26.3 Å². The Morgan fingerprint density at radius 2 is 1.62 bits per heavy atom. The van der Waals surface area contributed by atoms with Gasteiger partial charge in [-0.05, 0) is 43.2 Å². The summed E-state index contributed by atoms with van der Waals surface area (Å²) >= 11 is 5.68. The second kappa shape index (κ2) is 8.08. The van der Waals surface area contributed by atoms with Gasteiger partial charge in [-0.2, -0.15) is 0 Å². The molecule has 2 atom stereocenters. The van der Waals surface area contributed by atoms with Crippen LogP contribution in [0.4, 0.5) is 0 Å². The van der Waals surface area contributed by atoms with Crippen molar-refractivity contribution in [1.29, 1.82) is 0 Å². The first kappa shape index (κ1) is 15.9. The molecule has 0 aromatic heterocycles. The van der Waals surface area contributed by atoms with Crippen LogP contribution < -0.4 is 0 Å². The Kier molecular flexibility index (Phi) is 8.04. The monoisotopic (exact) mass is 248 g/mol. The van der Waals surface area contributed by atoms with E-state index in [1.165, 1.54) is 0 Å². The molecule has 0 saturated heterocycles. The average Bonchev–Trinajstić information content (AvgIpc) is 2.12. The fourth-order valence-corrected chi connectivity index (χ4v) is 2.16. The third kappa shape index (κ3) is 6.49. The number of ether oxygens (including phenoxy) is 1. The Balaban J connectivity index is 4.58. The first-order valence-electron chi connectivity index (χ1n) is 6.19. The summed E-state index contributed by atoms with van der Waals surface area (Å²) in [5, 5.41) is -0.257. The van der Waals surface area contributed by atoms with E-state index in [2.05, 4.69) is 27.7 Å². The van der Waals surface area contributed by atoms with Crippen LogP contribution in [0.2, 0.25) is 0 Å². The summed E-state index contributed by atoms with van der Waals surface area (Å²) < 4.78 is 5.67. The molecule has 0 rings (SSSR count). The van der Waals surface area contributed by atoms with Crippen molar-refractivity contribution >= 4 is 16.8 Å². The van der Waals surface area contributed by atoms with Gasteiger partial charge in [0, 0.05) is 6.61 Å². The van der Waals surface area contributed by atoms with Gasteiger partial charge in [-0.25, -0.2) is 0 Å². The Hall–Kier alpha value is -0.0800. The van der Waals surface area contributed by atoms with Gasteiger partial charge in [0.25, 0.3) is 0 Å². The van der Waals surface area contributed by atoms with Crippen LogP contribution in [0.1, 0.15) is 47.5 Å². The summed E-state index contributed by atoms with van der Waals surface area (Å²) in [6.07, 6.45) is 1.67. The zero-order chi connectivity index (χ0) is 12.7. The molecule has 0 aliphatic rings. The van der Waals surface area contributed by atoms with Crippen molar-refractivity contribution in [3.63, 3.8) is 0 Å². The molecule has 0 fully saturated rings. The van der Waals surface area contributed by atoms with Gasteiger partial charge in [0.2, 0.25) is 5.24 Å². The second-order valence-electron chi connectivity index (χ2n) is 5.16. The fourth-order valence-electron chi connectivity index (χ4n) is 1.93. The van der Waals surface area contributed by atoms with Crippen LogP contribution in [0.25, 0.3) is 0 Å². The van der Waals surface area contributed by atoms with Crippen molar-refractivity contribution in [3.05, 3.63) is 0 Å². The molecule has 0 heterocycles. The summed E-state index contributed by atoms with van der Waals surface area (Å²) in [4.78, 5) is 11.5. The summed E-state index contributed by atoms with van der Waals surface area (Å²) in [5.41, 5.74) is 0. The minimum Gasteiger partial charge on any atom is -0.378 e. The van der Waals surface area contributed by atoms with Gasteiger partial charge in [0.05, 0.1) is 12.0 Å². The molecule has 0 bridgehead atoms. The van der Waals surface area contributed by atoms with Gasteiger partial charge in [-0.3, -0.25) is 4.79 Å². The van der Waals surface area contributed by atoms with Gasteiger partial charge >= 0.3 is 0 Å². The largest absolute Gasteiger partial charge is 0.378 e. The van der Waals surface area contributed by atoms with Gasteiger partial charge in [0.1, 0.15) is 0 Å². The van der Waals surface area contributed by atoms with Gasteiger partial charge in [-0.15, -0.1) is 0 Å². The van der Waals surface area contributed by atoms with E-state index in [0.29, 0.717) is 18.4 Å². The molecule has 2 nitrogen and oxygen atoms in total. The van der Waals surface area contributed by atoms with Crippen LogP contribution in [-0.4, -0.2) is 18.0 Å². The van der Waals surface area contributed by atoms with Crippen molar-refractivity contribution in [3.8, 4) is 0 Å². The number of rotatable bonds is 8. The molecule has 0 aliphatic heterocycles. The molecule has 3 heteroatoms. The number of carbonyl (C=O) groups is 1. The van der Waals surface area contributed by atoms with Gasteiger partial charge in [-0.1, -0.05) is 27.7 Å². The number of hydrogen-bond donors (Lipinski definition) is 0. The van der Waals surface area contributed by atoms with E-state index in [-0.39, 0.29) is 17.3 Å². The van der Waals surface area contributed by atoms with Crippen molar-refractivity contribution in [2.24, 2.45) is 17.8 Å². The zero-order valence-corrected chi connectivity index (χ0v) is 11.9. The molecule has 0 radical (unpaired) electrons. The van der Waals surface area contributed by atoms with E-state index in [9.17, 15) is 4.79 Å². The Morgan fingerprint density at radius 1 is 1.12 bits per heavy atom. The summed E-state index contributed by atoms with van der Waals surface area (Å²) in [6.45, 7) is 11.1. The SMILES string of the molecule is CCOC(CC(C)C)C(CC(C)C)C(=O)Cl. The molecule has 0 aliphatic carbocycles. The highest BCUT2D eigenvalue weighted by Crippen LogP contribution is 2.25. The normalized spacial score (nSPS) is 15.5. The summed E-state index contributed by atoms with van der Waals surface area (Å²) in [6, 6.07) is 0. The fraction of sp³-hybridized carbons (Fsp3) is 0.923. The maximum absolute atomic E-state index is 11.5. The minimum absolute atomic E-state index is 0.0302. The molecule has 0 spiro atoms. The van der Waals surface area contributed by atoms with E-state index in [1.54, 1.807) is 0 Å².